The van der Waals surface area contributed by atoms with Crippen LogP contribution in [0.5, 0.6) is 0 Å². The summed E-state index contributed by atoms with van der Waals surface area (Å²) in [5, 5.41) is 3.36. The fourth-order valence-electron chi connectivity index (χ4n) is 2.65. The number of hydrogen-bond donors (Lipinski definition) is 1. The second-order valence-electron chi connectivity index (χ2n) is 6.74. The molecule has 20 heavy (non-hydrogen) atoms. The number of nitrogens with zero attached hydrogens (tertiary/aromatic N) is 1. The van der Waals surface area contributed by atoms with Gasteiger partial charge in [-0.25, -0.2) is 0 Å². The Morgan fingerprint density at radius 2 is 1.90 bits per heavy atom. The Morgan fingerprint density at radius 3 is 2.40 bits per heavy atom. The van der Waals surface area contributed by atoms with Crippen LogP contribution in [0.25, 0.3) is 0 Å². The highest BCUT2D eigenvalue weighted by Gasteiger charge is 2.23. The molecule has 1 amide bonds. The lowest BCUT2D eigenvalue weighted by atomic mass is 9.86. The van der Waals surface area contributed by atoms with E-state index in [-0.39, 0.29) is 11.3 Å². The van der Waals surface area contributed by atoms with Gasteiger partial charge in [0.05, 0.1) is 0 Å². The lowest BCUT2D eigenvalue weighted by molar-refractivity contribution is 0.0708. The molecule has 110 valence electrons. The summed E-state index contributed by atoms with van der Waals surface area (Å²) in [5.41, 5.74) is 2.17. The molecule has 0 spiro atoms. The number of benzene rings is 1. The second-order valence-corrected chi connectivity index (χ2v) is 6.74. The summed E-state index contributed by atoms with van der Waals surface area (Å²) in [6.07, 6.45) is 2.24. The molecular weight excluding hydrogens is 248 g/mol. The van der Waals surface area contributed by atoms with E-state index in [4.69, 9.17) is 0 Å². The molecular formula is C17H26N2O. The maximum absolute atomic E-state index is 12.5. The van der Waals surface area contributed by atoms with Crippen molar-refractivity contribution in [2.75, 3.05) is 20.1 Å². The minimum absolute atomic E-state index is 0.124. The number of carbonyl (C=O) groups excluding carboxylic acids is 1. The van der Waals surface area contributed by atoms with E-state index >= 15 is 0 Å². The molecule has 2 rings (SSSR count). The molecule has 0 saturated carbocycles. The zero-order valence-corrected chi connectivity index (χ0v) is 13.1. The Balaban J connectivity index is 2.08. The van der Waals surface area contributed by atoms with Crippen LogP contribution in [0.4, 0.5) is 0 Å². The van der Waals surface area contributed by atoms with Gasteiger partial charge in [0, 0.05) is 25.2 Å². The van der Waals surface area contributed by atoms with Crippen molar-refractivity contribution in [2.24, 2.45) is 0 Å². The number of hydrogen-bond acceptors (Lipinski definition) is 2. The third kappa shape index (κ3) is 3.40. The molecule has 1 fully saturated rings. The fourth-order valence-corrected chi connectivity index (χ4v) is 2.65. The van der Waals surface area contributed by atoms with Crippen LogP contribution in [-0.4, -0.2) is 37.0 Å². The van der Waals surface area contributed by atoms with Crippen molar-refractivity contribution in [3.05, 3.63) is 35.4 Å². The first kappa shape index (κ1) is 15.0. The minimum atomic E-state index is 0.124. The van der Waals surface area contributed by atoms with E-state index in [0.29, 0.717) is 6.04 Å². The molecule has 0 bridgehead atoms. The van der Waals surface area contributed by atoms with E-state index in [9.17, 15) is 4.79 Å². The van der Waals surface area contributed by atoms with Crippen molar-refractivity contribution >= 4 is 5.91 Å². The molecule has 3 nitrogen and oxygen atoms in total. The summed E-state index contributed by atoms with van der Waals surface area (Å²) in [6, 6.07) is 8.37. The largest absolute Gasteiger partial charge is 0.337 e. The number of amides is 1. The fraction of sp³-hybridized carbons (Fsp3) is 0.588. The van der Waals surface area contributed by atoms with Gasteiger partial charge in [0.2, 0.25) is 0 Å². The molecule has 1 aliphatic rings. The lowest BCUT2D eigenvalue weighted by Crippen LogP contribution is -2.46. The number of piperidine rings is 1. The third-order valence-corrected chi connectivity index (χ3v) is 4.14. The van der Waals surface area contributed by atoms with Crippen LogP contribution in [-0.2, 0) is 5.41 Å². The van der Waals surface area contributed by atoms with Gasteiger partial charge >= 0.3 is 0 Å². The number of rotatable bonds is 2. The number of carbonyl (C=O) groups is 1. The van der Waals surface area contributed by atoms with Gasteiger partial charge in [0.15, 0.2) is 0 Å². The molecule has 3 heteroatoms. The summed E-state index contributed by atoms with van der Waals surface area (Å²) in [7, 11) is 1.91. The molecule has 1 unspecified atom stereocenters. The van der Waals surface area contributed by atoms with E-state index < -0.39 is 0 Å². The van der Waals surface area contributed by atoms with Gasteiger partial charge in [-0.15, -0.1) is 0 Å². The normalized spacial score (nSPS) is 19.7. The Kier molecular flexibility index (Phi) is 4.48. The highest BCUT2D eigenvalue weighted by Crippen LogP contribution is 2.22. The van der Waals surface area contributed by atoms with Gasteiger partial charge in [0.1, 0.15) is 0 Å². The van der Waals surface area contributed by atoms with E-state index in [0.717, 1.165) is 31.5 Å². The molecule has 1 heterocycles. The predicted octanol–water partition coefficient (Wildman–Crippen LogP) is 2.81. The number of likely N-dealkylation sites (N-methyl/N-ethyl adjacent to an activating group) is 1. The van der Waals surface area contributed by atoms with Gasteiger partial charge in [-0.05, 0) is 42.5 Å². The average molecular weight is 274 g/mol. The zero-order valence-electron chi connectivity index (χ0n) is 13.1. The minimum Gasteiger partial charge on any atom is -0.337 e. The first-order valence-electron chi connectivity index (χ1n) is 7.48. The van der Waals surface area contributed by atoms with Crippen LogP contribution in [0.2, 0.25) is 0 Å². The first-order valence-corrected chi connectivity index (χ1v) is 7.48. The second kappa shape index (κ2) is 5.96. The average Bonchev–Trinajstić information content (AvgIpc) is 2.46. The van der Waals surface area contributed by atoms with Crippen LogP contribution >= 0.6 is 0 Å². The summed E-state index contributed by atoms with van der Waals surface area (Å²) in [4.78, 5) is 14.4. The van der Waals surface area contributed by atoms with E-state index in [2.05, 4.69) is 38.2 Å². The van der Waals surface area contributed by atoms with E-state index in [1.54, 1.807) is 0 Å². The SMILES string of the molecule is CN(C(=O)c1ccc(C(C)(C)C)cc1)C1CCCNC1. The Labute approximate surface area is 122 Å². The van der Waals surface area contributed by atoms with Crippen molar-refractivity contribution in [2.45, 2.75) is 45.1 Å². The lowest BCUT2D eigenvalue weighted by Gasteiger charge is -2.32. The van der Waals surface area contributed by atoms with Gasteiger partial charge in [-0.1, -0.05) is 32.9 Å². The van der Waals surface area contributed by atoms with Crippen molar-refractivity contribution in [1.29, 1.82) is 0 Å². The van der Waals surface area contributed by atoms with Crippen molar-refractivity contribution < 1.29 is 4.79 Å². The molecule has 1 aliphatic heterocycles. The van der Waals surface area contributed by atoms with E-state index in [1.165, 1.54) is 5.56 Å². The summed E-state index contributed by atoms with van der Waals surface area (Å²) < 4.78 is 0. The highest BCUT2D eigenvalue weighted by molar-refractivity contribution is 5.94. The summed E-state index contributed by atoms with van der Waals surface area (Å²) >= 11 is 0. The molecule has 0 radical (unpaired) electrons. The highest BCUT2D eigenvalue weighted by atomic mass is 16.2. The van der Waals surface area contributed by atoms with Crippen LogP contribution in [0.15, 0.2) is 24.3 Å². The standard InChI is InChI=1S/C17H26N2O/c1-17(2,3)14-9-7-13(8-10-14)16(20)19(4)15-6-5-11-18-12-15/h7-10,15,18H,5-6,11-12H2,1-4H3. The van der Waals surface area contributed by atoms with Gasteiger partial charge in [-0.3, -0.25) is 4.79 Å². The van der Waals surface area contributed by atoms with Crippen molar-refractivity contribution in [3.8, 4) is 0 Å². The molecule has 1 N–H and O–H groups in total. The smallest absolute Gasteiger partial charge is 0.253 e. The molecule has 1 aromatic rings. The topological polar surface area (TPSA) is 32.3 Å². The van der Waals surface area contributed by atoms with Crippen molar-refractivity contribution in [3.63, 3.8) is 0 Å². The Hall–Kier alpha value is -1.35. The predicted molar refractivity (Wildman–Crippen MR) is 83.1 cm³/mol. The number of nitrogens with one attached hydrogen (secondary N) is 1. The van der Waals surface area contributed by atoms with Gasteiger partial charge in [-0.2, -0.15) is 0 Å². The summed E-state index contributed by atoms with van der Waals surface area (Å²) in [5.74, 6) is 0.124. The Bertz CT molecular complexity index is 453. The van der Waals surface area contributed by atoms with Crippen LogP contribution < -0.4 is 5.32 Å². The molecule has 1 saturated heterocycles. The molecule has 1 aromatic carbocycles. The molecule has 0 aliphatic carbocycles. The maximum Gasteiger partial charge on any atom is 0.253 e. The first-order chi connectivity index (χ1) is 9.39. The van der Waals surface area contributed by atoms with Crippen LogP contribution in [0, 0.1) is 0 Å². The molecule has 0 aromatic heterocycles. The monoisotopic (exact) mass is 274 g/mol. The van der Waals surface area contributed by atoms with Crippen LogP contribution in [0.3, 0.4) is 0 Å². The van der Waals surface area contributed by atoms with Crippen molar-refractivity contribution in [1.82, 2.24) is 10.2 Å². The molecule has 1 atom stereocenters. The third-order valence-electron chi connectivity index (χ3n) is 4.14. The quantitative estimate of drug-likeness (QED) is 0.899. The summed E-state index contributed by atoms with van der Waals surface area (Å²) in [6.45, 7) is 8.53. The Morgan fingerprint density at radius 1 is 1.25 bits per heavy atom. The van der Waals surface area contributed by atoms with Crippen LogP contribution in [0.1, 0.15) is 49.5 Å². The van der Waals surface area contributed by atoms with Gasteiger partial charge < -0.3 is 10.2 Å². The zero-order chi connectivity index (χ0) is 14.8. The van der Waals surface area contributed by atoms with Gasteiger partial charge in [0.25, 0.3) is 5.91 Å². The maximum atomic E-state index is 12.5. The van der Waals surface area contributed by atoms with E-state index in [1.807, 2.05) is 24.1 Å².